The predicted octanol–water partition coefficient (Wildman–Crippen LogP) is 2.21. The highest BCUT2D eigenvalue weighted by molar-refractivity contribution is 5.86. The molecule has 4 heteroatoms. The molecule has 3 aliphatic rings. The van der Waals surface area contributed by atoms with Crippen molar-refractivity contribution in [3.05, 3.63) is 70.8 Å². The Morgan fingerprint density at radius 1 is 0.840 bits per heavy atom. The van der Waals surface area contributed by atoms with Gasteiger partial charge in [0.15, 0.2) is 0 Å². The second-order valence-corrected chi connectivity index (χ2v) is 7.07. The van der Waals surface area contributed by atoms with E-state index in [2.05, 4.69) is 0 Å². The van der Waals surface area contributed by atoms with Crippen LogP contribution < -0.4 is 5.11 Å². The first-order valence-electron chi connectivity index (χ1n) is 8.59. The van der Waals surface area contributed by atoms with Gasteiger partial charge < -0.3 is 14.6 Å². The van der Waals surface area contributed by atoms with Crippen LogP contribution in [0, 0.1) is 11.8 Å². The van der Waals surface area contributed by atoms with E-state index in [1.165, 1.54) is 0 Å². The lowest BCUT2D eigenvalue weighted by Crippen LogP contribution is -2.51. The lowest BCUT2D eigenvalue weighted by Gasteiger charge is -2.50. The molecule has 2 atom stereocenters. The van der Waals surface area contributed by atoms with Crippen molar-refractivity contribution in [3.8, 4) is 0 Å². The van der Waals surface area contributed by atoms with Crippen LogP contribution in [0.3, 0.4) is 0 Å². The molecule has 25 heavy (non-hydrogen) atoms. The van der Waals surface area contributed by atoms with Crippen LogP contribution in [0.25, 0.3) is 0 Å². The van der Waals surface area contributed by atoms with E-state index in [0.717, 1.165) is 22.3 Å². The first-order chi connectivity index (χ1) is 12.0. The first kappa shape index (κ1) is 15.9. The topological polar surface area (TPSA) is 66.4 Å². The minimum absolute atomic E-state index is 0.291. The minimum atomic E-state index is -1.19. The molecule has 0 amide bonds. The van der Waals surface area contributed by atoms with E-state index in [-0.39, 0.29) is 17.9 Å². The standard InChI is InChI=1S/C21H20O4/c1-11(2)25-21(24)19-17-14-9-5-3-7-12(14)16(18(19)20(22)23)13-8-4-6-10-15(13)17/h3-11,16-19H,1-2H3,(H,22,23)/p-1/t16?,17?,18-,19-/m1/s1. The molecule has 0 radical (unpaired) electrons. The molecular formula is C21H19O4-. The van der Waals surface area contributed by atoms with Crippen LogP contribution in [0.4, 0.5) is 0 Å². The molecule has 0 spiro atoms. The number of hydrogen-bond acceptors (Lipinski definition) is 4. The van der Waals surface area contributed by atoms with E-state index in [1.54, 1.807) is 13.8 Å². The fourth-order valence-electron chi connectivity index (χ4n) is 4.55. The van der Waals surface area contributed by atoms with Gasteiger partial charge in [-0.2, -0.15) is 0 Å². The van der Waals surface area contributed by atoms with Crippen LogP contribution in [-0.2, 0) is 14.3 Å². The molecule has 0 heterocycles. The van der Waals surface area contributed by atoms with E-state index in [0.29, 0.717) is 0 Å². The first-order valence-corrected chi connectivity index (χ1v) is 8.59. The fourth-order valence-corrected chi connectivity index (χ4v) is 4.55. The third-order valence-corrected chi connectivity index (χ3v) is 5.33. The molecule has 2 aromatic rings. The van der Waals surface area contributed by atoms with Crippen LogP contribution in [0.5, 0.6) is 0 Å². The molecule has 128 valence electrons. The maximum absolute atomic E-state index is 12.8. The van der Waals surface area contributed by atoms with Crippen molar-refractivity contribution in [2.24, 2.45) is 11.8 Å². The van der Waals surface area contributed by atoms with Gasteiger partial charge in [-0.05, 0) is 36.1 Å². The van der Waals surface area contributed by atoms with Crippen molar-refractivity contribution in [2.45, 2.75) is 31.8 Å². The molecule has 0 unspecified atom stereocenters. The van der Waals surface area contributed by atoms with Crippen molar-refractivity contribution >= 4 is 11.9 Å². The third-order valence-electron chi connectivity index (χ3n) is 5.33. The Kier molecular flexibility index (Phi) is 3.64. The second-order valence-electron chi connectivity index (χ2n) is 7.07. The fraction of sp³-hybridized carbons (Fsp3) is 0.333. The Hall–Kier alpha value is -2.62. The summed E-state index contributed by atoms with van der Waals surface area (Å²) >= 11 is 0. The Bertz CT molecular complexity index is 807. The normalized spacial score (nSPS) is 26.0. The van der Waals surface area contributed by atoms with Gasteiger partial charge in [0.1, 0.15) is 0 Å². The minimum Gasteiger partial charge on any atom is -0.550 e. The summed E-state index contributed by atoms with van der Waals surface area (Å²) in [4.78, 5) is 24.9. The molecule has 0 aromatic heterocycles. The summed E-state index contributed by atoms with van der Waals surface area (Å²) < 4.78 is 5.42. The number of carbonyl (C=O) groups excluding carboxylic acids is 2. The van der Waals surface area contributed by atoms with E-state index < -0.39 is 23.8 Å². The molecule has 0 saturated heterocycles. The maximum Gasteiger partial charge on any atom is 0.310 e. The van der Waals surface area contributed by atoms with Gasteiger partial charge in [-0.3, -0.25) is 4.79 Å². The molecule has 2 bridgehead atoms. The number of ether oxygens (including phenoxy) is 1. The molecule has 3 aliphatic carbocycles. The van der Waals surface area contributed by atoms with Gasteiger partial charge in [0.05, 0.1) is 12.0 Å². The number of rotatable bonds is 3. The van der Waals surface area contributed by atoms with E-state index in [1.807, 2.05) is 48.5 Å². The number of benzene rings is 2. The maximum atomic E-state index is 12.8. The Morgan fingerprint density at radius 3 is 1.60 bits per heavy atom. The van der Waals surface area contributed by atoms with Crippen LogP contribution in [0.1, 0.15) is 47.9 Å². The van der Waals surface area contributed by atoms with E-state index in [4.69, 9.17) is 4.74 Å². The summed E-state index contributed by atoms with van der Waals surface area (Å²) in [6.07, 6.45) is -0.291. The number of carboxylic acid groups (broad SMARTS) is 1. The van der Waals surface area contributed by atoms with Gasteiger partial charge >= 0.3 is 5.97 Å². The second kappa shape index (κ2) is 5.73. The summed E-state index contributed by atoms with van der Waals surface area (Å²) in [5.41, 5.74) is 4.01. The van der Waals surface area contributed by atoms with Crippen LogP contribution in [0.15, 0.2) is 48.5 Å². The van der Waals surface area contributed by atoms with E-state index >= 15 is 0 Å². The molecule has 5 rings (SSSR count). The quantitative estimate of drug-likeness (QED) is 0.807. The van der Waals surface area contributed by atoms with Gasteiger partial charge in [0.2, 0.25) is 0 Å². The van der Waals surface area contributed by atoms with Crippen LogP contribution in [0.2, 0.25) is 0 Å². The van der Waals surface area contributed by atoms with Gasteiger partial charge in [-0.1, -0.05) is 48.5 Å². The van der Waals surface area contributed by atoms with E-state index in [9.17, 15) is 14.7 Å². The smallest absolute Gasteiger partial charge is 0.310 e. The van der Waals surface area contributed by atoms with Crippen LogP contribution in [-0.4, -0.2) is 18.0 Å². The lowest BCUT2D eigenvalue weighted by atomic mass is 9.54. The van der Waals surface area contributed by atoms with Gasteiger partial charge in [0.25, 0.3) is 0 Å². The highest BCUT2D eigenvalue weighted by Crippen LogP contribution is 2.58. The van der Waals surface area contributed by atoms with Crippen molar-refractivity contribution in [2.75, 3.05) is 0 Å². The molecule has 0 aliphatic heterocycles. The Balaban J connectivity index is 1.95. The zero-order valence-electron chi connectivity index (χ0n) is 14.1. The number of aliphatic carboxylic acids is 1. The SMILES string of the molecule is CC(C)OC(=O)[C@@H]1C2c3ccccc3C(c3ccccc32)[C@H]1C(=O)[O-]. The van der Waals surface area contributed by atoms with Crippen molar-refractivity contribution in [1.29, 1.82) is 0 Å². The third kappa shape index (κ3) is 2.28. The van der Waals surface area contributed by atoms with Crippen molar-refractivity contribution < 1.29 is 19.4 Å². The molecule has 0 saturated carbocycles. The molecule has 0 N–H and O–H groups in total. The molecule has 4 nitrogen and oxygen atoms in total. The number of carbonyl (C=O) groups is 2. The number of esters is 1. The average Bonchev–Trinajstić information content (AvgIpc) is 2.60. The number of fused-ring (bicyclic) bond motifs is 1. The monoisotopic (exact) mass is 335 g/mol. The summed E-state index contributed by atoms with van der Waals surface area (Å²) in [6, 6.07) is 15.6. The summed E-state index contributed by atoms with van der Waals surface area (Å²) in [7, 11) is 0. The number of carboxylic acids is 1. The summed E-state index contributed by atoms with van der Waals surface area (Å²) in [5, 5.41) is 12.0. The number of hydrogen-bond donors (Lipinski definition) is 0. The molecule has 0 fully saturated rings. The highest BCUT2D eigenvalue weighted by atomic mass is 16.5. The molecule has 2 aromatic carbocycles. The van der Waals surface area contributed by atoms with Crippen molar-refractivity contribution in [1.82, 2.24) is 0 Å². The zero-order valence-corrected chi connectivity index (χ0v) is 14.1. The average molecular weight is 335 g/mol. The zero-order chi connectivity index (χ0) is 17.7. The van der Waals surface area contributed by atoms with Gasteiger partial charge in [-0.15, -0.1) is 0 Å². The van der Waals surface area contributed by atoms with Crippen LogP contribution >= 0.6 is 0 Å². The lowest BCUT2D eigenvalue weighted by molar-refractivity contribution is -0.314. The van der Waals surface area contributed by atoms with Crippen molar-refractivity contribution in [3.63, 3.8) is 0 Å². The highest BCUT2D eigenvalue weighted by Gasteiger charge is 2.53. The van der Waals surface area contributed by atoms with Gasteiger partial charge in [-0.25, -0.2) is 0 Å². The largest absolute Gasteiger partial charge is 0.550 e. The summed E-state index contributed by atoms with van der Waals surface area (Å²) in [6.45, 7) is 3.55. The van der Waals surface area contributed by atoms with Gasteiger partial charge in [0, 0.05) is 23.7 Å². The molecular weight excluding hydrogens is 316 g/mol. The Labute approximate surface area is 146 Å². The Morgan fingerprint density at radius 2 is 1.24 bits per heavy atom. The summed E-state index contributed by atoms with van der Waals surface area (Å²) in [5.74, 6) is -4.02. The predicted molar refractivity (Wildman–Crippen MR) is 89.8 cm³/mol.